The molecule has 1 aliphatic rings. The Morgan fingerprint density at radius 1 is 0.941 bits per heavy atom. The number of ether oxygens (including phenoxy) is 1. The Hall–Kier alpha value is -3.48. The standard InChI is InChI=1S/C28H30N2O4/c1-20-26(23-15-9-4-10-16-23)34-28(33)30(20)27(32)24(17-21-11-5-2-6-12-21)25(31)19-29-18-22-13-7-3-8-14-22/h2-16,20,24-26,29,31H,17-19H2,1H3. The summed E-state index contributed by atoms with van der Waals surface area (Å²) in [6.07, 6.45) is -1.87. The molecule has 0 aromatic heterocycles. The fourth-order valence-corrected chi connectivity index (χ4v) is 4.38. The molecular weight excluding hydrogens is 428 g/mol. The van der Waals surface area contributed by atoms with E-state index >= 15 is 0 Å². The van der Waals surface area contributed by atoms with Gasteiger partial charge < -0.3 is 15.2 Å². The maximum absolute atomic E-state index is 13.7. The molecular formula is C28H30N2O4. The molecule has 1 aliphatic heterocycles. The van der Waals surface area contributed by atoms with Crippen molar-refractivity contribution in [3.63, 3.8) is 0 Å². The fourth-order valence-electron chi connectivity index (χ4n) is 4.38. The van der Waals surface area contributed by atoms with Crippen molar-refractivity contribution in [1.29, 1.82) is 0 Å². The Morgan fingerprint density at radius 3 is 2.12 bits per heavy atom. The van der Waals surface area contributed by atoms with Crippen LogP contribution in [0.5, 0.6) is 0 Å². The van der Waals surface area contributed by atoms with E-state index in [1.165, 1.54) is 4.90 Å². The van der Waals surface area contributed by atoms with Gasteiger partial charge in [-0.1, -0.05) is 91.0 Å². The molecule has 6 heteroatoms. The van der Waals surface area contributed by atoms with Crippen LogP contribution in [0.1, 0.15) is 29.7 Å². The summed E-state index contributed by atoms with van der Waals surface area (Å²) in [6, 6.07) is 28.3. The number of carbonyl (C=O) groups excluding carboxylic acids is 2. The Balaban J connectivity index is 1.50. The zero-order valence-electron chi connectivity index (χ0n) is 19.2. The second kappa shape index (κ2) is 11.1. The number of carbonyl (C=O) groups is 2. The van der Waals surface area contributed by atoms with Gasteiger partial charge in [0.05, 0.1) is 18.1 Å². The molecule has 1 heterocycles. The van der Waals surface area contributed by atoms with Gasteiger partial charge in [-0.05, 0) is 30.0 Å². The predicted molar refractivity (Wildman–Crippen MR) is 130 cm³/mol. The van der Waals surface area contributed by atoms with Crippen LogP contribution in [-0.4, -0.2) is 40.7 Å². The van der Waals surface area contributed by atoms with Crippen molar-refractivity contribution in [2.75, 3.05) is 6.54 Å². The predicted octanol–water partition coefficient (Wildman–Crippen LogP) is 4.10. The quantitative estimate of drug-likeness (QED) is 0.505. The highest BCUT2D eigenvalue weighted by Crippen LogP contribution is 2.34. The first-order chi connectivity index (χ1) is 16.5. The van der Waals surface area contributed by atoms with Crippen LogP contribution in [-0.2, 0) is 22.5 Å². The maximum atomic E-state index is 13.7. The van der Waals surface area contributed by atoms with Crippen molar-refractivity contribution >= 4 is 12.0 Å². The lowest BCUT2D eigenvalue weighted by Gasteiger charge is -2.28. The van der Waals surface area contributed by atoms with E-state index in [0.29, 0.717) is 13.0 Å². The smallest absolute Gasteiger partial charge is 0.417 e. The molecule has 4 rings (SSSR count). The number of hydrogen-bond donors (Lipinski definition) is 2. The van der Waals surface area contributed by atoms with Gasteiger partial charge in [0.15, 0.2) is 0 Å². The highest BCUT2D eigenvalue weighted by Gasteiger charge is 2.46. The van der Waals surface area contributed by atoms with Crippen LogP contribution >= 0.6 is 0 Å². The summed E-state index contributed by atoms with van der Waals surface area (Å²) < 4.78 is 5.58. The third-order valence-electron chi connectivity index (χ3n) is 6.24. The number of hydrogen-bond acceptors (Lipinski definition) is 5. The van der Waals surface area contributed by atoms with E-state index in [1.54, 1.807) is 6.92 Å². The van der Waals surface area contributed by atoms with Crippen molar-refractivity contribution < 1.29 is 19.4 Å². The molecule has 2 amide bonds. The maximum Gasteiger partial charge on any atom is 0.417 e. The Labute approximate surface area is 200 Å². The van der Waals surface area contributed by atoms with E-state index < -0.39 is 36.2 Å². The minimum absolute atomic E-state index is 0.220. The van der Waals surface area contributed by atoms with Crippen LogP contribution in [0.4, 0.5) is 4.79 Å². The largest absolute Gasteiger partial charge is 0.439 e. The molecule has 2 N–H and O–H groups in total. The first-order valence-corrected chi connectivity index (χ1v) is 11.6. The molecule has 4 atom stereocenters. The minimum atomic E-state index is -0.979. The number of imide groups is 1. The van der Waals surface area contributed by atoms with Crippen molar-refractivity contribution in [1.82, 2.24) is 10.2 Å². The van der Waals surface area contributed by atoms with E-state index in [0.717, 1.165) is 16.7 Å². The van der Waals surface area contributed by atoms with Crippen LogP contribution in [0.2, 0.25) is 0 Å². The molecule has 0 radical (unpaired) electrons. The lowest BCUT2D eigenvalue weighted by molar-refractivity contribution is -0.137. The summed E-state index contributed by atoms with van der Waals surface area (Å²) in [5.74, 6) is -1.22. The van der Waals surface area contributed by atoms with Gasteiger partial charge in [0.2, 0.25) is 5.91 Å². The lowest BCUT2D eigenvalue weighted by atomic mass is 9.91. The summed E-state index contributed by atoms with van der Waals surface area (Å²) in [5.41, 5.74) is 2.84. The number of nitrogens with one attached hydrogen (secondary N) is 1. The molecule has 34 heavy (non-hydrogen) atoms. The molecule has 0 saturated carbocycles. The number of aliphatic hydroxyl groups excluding tert-OH is 1. The van der Waals surface area contributed by atoms with Gasteiger partial charge in [-0.3, -0.25) is 4.79 Å². The number of rotatable bonds is 9. The average molecular weight is 459 g/mol. The number of nitrogens with zero attached hydrogens (tertiary/aromatic N) is 1. The van der Waals surface area contributed by atoms with Crippen molar-refractivity contribution in [3.05, 3.63) is 108 Å². The van der Waals surface area contributed by atoms with Gasteiger partial charge in [-0.25, -0.2) is 9.69 Å². The molecule has 6 nitrogen and oxygen atoms in total. The SMILES string of the molecule is CC1C(c2ccccc2)OC(=O)N1C(=O)C(Cc1ccccc1)C(O)CNCc1ccccc1. The van der Waals surface area contributed by atoms with Crippen molar-refractivity contribution in [3.8, 4) is 0 Å². The first-order valence-electron chi connectivity index (χ1n) is 11.6. The normalized spacial score (nSPS) is 19.5. The van der Waals surface area contributed by atoms with Gasteiger partial charge >= 0.3 is 6.09 Å². The zero-order chi connectivity index (χ0) is 23.9. The number of benzene rings is 3. The summed E-state index contributed by atoms with van der Waals surface area (Å²) >= 11 is 0. The van der Waals surface area contributed by atoms with Gasteiger partial charge in [0, 0.05) is 13.1 Å². The van der Waals surface area contributed by atoms with E-state index in [4.69, 9.17) is 4.74 Å². The molecule has 4 unspecified atom stereocenters. The molecule has 3 aromatic rings. The summed E-state index contributed by atoms with van der Waals surface area (Å²) in [7, 11) is 0. The van der Waals surface area contributed by atoms with E-state index in [2.05, 4.69) is 5.32 Å². The van der Waals surface area contributed by atoms with Crippen LogP contribution < -0.4 is 5.32 Å². The van der Waals surface area contributed by atoms with Crippen LogP contribution in [0.15, 0.2) is 91.0 Å². The van der Waals surface area contributed by atoms with E-state index in [1.807, 2.05) is 91.0 Å². The summed E-state index contributed by atoms with van der Waals surface area (Å²) in [4.78, 5) is 27.6. The molecule has 0 spiro atoms. The summed E-state index contributed by atoms with van der Waals surface area (Å²) in [5, 5.41) is 14.3. The topological polar surface area (TPSA) is 78.9 Å². The highest BCUT2D eigenvalue weighted by atomic mass is 16.6. The van der Waals surface area contributed by atoms with Gasteiger partial charge in [-0.15, -0.1) is 0 Å². The number of cyclic esters (lactones) is 1. The molecule has 0 bridgehead atoms. The summed E-state index contributed by atoms with van der Waals surface area (Å²) in [6.45, 7) is 2.60. The van der Waals surface area contributed by atoms with Crippen LogP contribution in [0.25, 0.3) is 0 Å². The van der Waals surface area contributed by atoms with Gasteiger partial charge in [0.25, 0.3) is 0 Å². The average Bonchev–Trinajstić information content (AvgIpc) is 3.17. The number of aliphatic hydroxyl groups is 1. The van der Waals surface area contributed by atoms with Gasteiger partial charge in [-0.2, -0.15) is 0 Å². The monoisotopic (exact) mass is 458 g/mol. The molecule has 1 saturated heterocycles. The van der Waals surface area contributed by atoms with Crippen molar-refractivity contribution in [2.24, 2.45) is 5.92 Å². The second-order valence-corrected chi connectivity index (χ2v) is 8.64. The molecule has 176 valence electrons. The lowest BCUT2D eigenvalue weighted by Crippen LogP contribution is -2.48. The van der Waals surface area contributed by atoms with E-state index in [-0.39, 0.29) is 6.54 Å². The fraction of sp³-hybridized carbons (Fsp3) is 0.286. The third kappa shape index (κ3) is 5.53. The molecule has 1 fully saturated rings. The Bertz CT molecular complexity index is 1080. The molecule has 3 aromatic carbocycles. The first kappa shape index (κ1) is 23.7. The Kier molecular flexibility index (Phi) is 7.72. The number of amides is 2. The van der Waals surface area contributed by atoms with Crippen molar-refractivity contribution in [2.45, 2.75) is 38.1 Å². The molecule has 0 aliphatic carbocycles. The van der Waals surface area contributed by atoms with Crippen LogP contribution in [0, 0.1) is 5.92 Å². The third-order valence-corrected chi connectivity index (χ3v) is 6.24. The zero-order valence-corrected chi connectivity index (χ0v) is 19.2. The van der Waals surface area contributed by atoms with Crippen LogP contribution in [0.3, 0.4) is 0 Å². The highest BCUT2D eigenvalue weighted by molar-refractivity contribution is 5.95. The van der Waals surface area contributed by atoms with E-state index in [9.17, 15) is 14.7 Å². The van der Waals surface area contributed by atoms with Gasteiger partial charge in [0.1, 0.15) is 6.10 Å². The Morgan fingerprint density at radius 2 is 1.50 bits per heavy atom. The minimum Gasteiger partial charge on any atom is -0.439 e. The second-order valence-electron chi connectivity index (χ2n) is 8.64.